The van der Waals surface area contributed by atoms with Crippen molar-refractivity contribution in [3.63, 3.8) is 0 Å². The summed E-state index contributed by atoms with van der Waals surface area (Å²) in [6, 6.07) is 0. The van der Waals surface area contributed by atoms with E-state index in [0.29, 0.717) is 23.5 Å². The molecule has 0 saturated heterocycles. The normalized spacial score (nSPS) is 29.1. The van der Waals surface area contributed by atoms with Gasteiger partial charge in [0.2, 0.25) is 0 Å². The van der Waals surface area contributed by atoms with Crippen LogP contribution in [-0.4, -0.2) is 5.78 Å². The molecule has 1 aliphatic carbocycles. The van der Waals surface area contributed by atoms with Crippen LogP contribution in [0.5, 0.6) is 0 Å². The number of hydrogen-bond acceptors (Lipinski definition) is 1. The number of rotatable bonds is 4. The van der Waals surface area contributed by atoms with Crippen molar-refractivity contribution in [1.82, 2.24) is 0 Å². The molecule has 0 aromatic rings. The highest BCUT2D eigenvalue weighted by molar-refractivity contribution is 5.78. The van der Waals surface area contributed by atoms with E-state index < -0.39 is 0 Å². The Morgan fingerprint density at radius 1 is 1.27 bits per heavy atom. The van der Waals surface area contributed by atoms with Crippen molar-refractivity contribution in [2.75, 3.05) is 0 Å². The summed E-state index contributed by atoms with van der Waals surface area (Å²) in [5, 5.41) is 0. The van der Waals surface area contributed by atoms with Crippen molar-refractivity contribution in [2.24, 2.45) is 23.7 Å². The summed E-state index contributed by atoms with van der Waals surface area (Å²) >= 11 is 0. The van der Waals surface area contributed by atoms with Crippen LogP contribution in [-0.2, 0) is 4.79 Å². The van der Waals surface area contributed by atoms with Crippen LogP contribution < -0.4 is 0 Å². The predicted octanol–water partition coefficient (Wildman–Crippen LogP) is 4.06. The van der Waals surface area contributed by atoms with E-state index in [1.54, 1.807) is 6.92 Å². The maximum absolute atomic E-state index is 11.7. The molecule has 0 radical (unpaired) electrons. The Bertz CT molecular complexity index is 207. The summed E-state index contributed by atoms with van der Waals surface area (Å²) < 4.78 is 0. The maximum Gasteiger partial charge on any atom is 0.133 e. The molecule has 3 atom stereocenters. The van der Waals surface area contributed by atoms with Crippen LogP contribution in [0.4, 0.5) is 0 Å². The summed E-state index contributed by atoms with van der Waals surface area (Å²) in [4.78, 5) is 11.7. The van der Waals surface area contributed by atoms with E-state index in [9.17, 15) is 4.79 Å². The van der Waals surface area contributed by atoms with Crippen molar-refractivity contribution in [3.8, 4) is 0 Å². The predicted molar refractivity (Wildman–Crippen MR) is 64.7 cm³/mol. The van der Waals surface area contributed by atoms with Gasteiger partial charge in [0.1, 0.15) is 5.78 Å². The van der Waals surface area contributed by atoms with E-state index in [4.69, 9.17) is 0 Å². The lowest BCUT2D eigenvalue weighted by molar-refractivity contribution is -0.125. The molecule has 1 fully saturated rings. The van der Waals surface area contributed by atoms with E-state index >= 15 is 0 Å². The first kappa shape index (κ1) is 12.7. The van der Waals surface area contributed by atoms with Crippen molar-refractivity contribution in [3.05, 3.63) is 0 Å². The van der Waals surface area contributed by atoms with Crippen LogP contribution in [0.2, 0.25) is 0 Å². The third-order valence-electron chi connectivity index (χ3n) is 4.14. The van der Waals surface area contributed by atoms with Crippen LogP contribution in [0.3, 0.4) is 0 Å². The zero-order valence-corrected chi connectivity index (χ0v) is 10.8. The van der Waals surface area contributed by atoms with Gasteiger partial charge in [-0.1, -0.05) is 46.5 Å². The van der Waals surface area contributed by atoms with Crippen molar-refractivity contribution < 1.29 is 4.79 Å². The topological polar surface area (TPSA) is 17.1 Å². The second-order valence-corrected chi connectivity index (χ2v) is 5.50. The minimum Gasteiger partial charge on any atom is -0.300 e. The highest BCUT2D eigenvalue weighted by atomic mass is 16.1. The SMILES string of the molecule is CCC1CCCCC1C(C(C)=O)C(C)C. The Balaban J connectivity index is 2.75. The summed E-state index contributed by atoms with van der Waals surface area (Å²) in [5.41, 5.74) is 0. The zero-order chi connectivity index (χ0) is 11.4. The van der Waals surface area contributed by atoms with Crippen molar-refractivity contribution in [1.29, 1.82) is 0 Å². The minimum absolute atomic E-state index is 0.315. The van der Waals surface area contributed by atoms with Crippen LogP contribution in [0.25, 0.3) is 0 Å². The molecule has 0 aromatic heterocycles. The third-order valence-corrected chi connectivity index (χ3v) is 4.14. The van der Waals surface area contributed by atoms with Crippen LogP contribution >= 0.6 is 0 Å². The zero-order valence-electron chi connectivity index (χ0n) is 10.8. The molecule has 0 bridgehead atoms. The molecule has 0 N–H and O–H groups in total. The fourth-order valence-electron chi connectivity index (χ4n) is 3.48. The van der Waals surface area contributed by atoms with Crippen LogP contribution in [0, 0.1) is 23.7 Å². The van der Waals surface area contributed by atoms with Crippen LogP contribution in [0.15, 0.2) is 0 Å². The number of carbonyl (C=O) groups is 1. The highest BCUT2D eigenvalue weighted by Gasteiger charge is 2.34. The molecule has 1 nitrogen and oxygen atoms in total. The van der Waals surface area contributed by atoms with Gasteiger partial charge in [-0.25, -0.2) is 0 Å². The first-order valence-corrected chi connectivity index (χ1v) is 6.58. The number of hydrogen-bond donors (Lipinski definition) is 0. The molecule has 1 heteroatoms. The van der Waals surface area contributed by atoms with Gasteiger partial charge in [-0.3, -0.25) is 4.79 Å². The number of Topliss-reactive ketones (excluding diaryl/α,β-unsaturated/α-hetero) is 1. The van der Waals surface area contributed by atoms with Gasteiger partial charge in [-0.2, -0.15) is 0 Å². The maximum atomic E-state index is 11.7. The quantitative estimate of drug-likeness (QED) is 0.683. The summed E-state index contributed by atoms with van der Waals surface area (Å²) in [7, 11) is 0. The fraction of sp³-hybridized carbons (Fsp3) is 0.929. The average Bonchev–Trinajstić information content (AvgIpc) is 2.17. The van der Waals surface area contributed by atoms with Gasteiger partial charge >= 0.3 is 0 Å². The first-order valence-electron chi connectivity index (χ1n) is 6.58. The molecule has 1 aliphatic rings. The smallest absolute Gasteiger partial charge is 0.133 e. The van der Waals surface area contributed by atoms with E-state index in [1.807, 2.05) is 0 Å². The Morgan fingerprint density at radius 2 is 1.87 bits per heavy atom. The van der Waals surface area contributed by atoms with E-state index in [2.05, 4.69) is 20.8 Å². The summed E-state index contributed by atoms with van der Waals surface area (Å²) in [5.74, 6) is 2.71. The molecule has 0 amide bonds. The molecule has 0 aliphatic heterocycles. The van der Waals surface area contributed by atoms with Crippen molar-refractivity contribution in [2.45, 2.75) is 59.8 Å². The molecular weight excluding hydrogens is 184 g/mol. The standard InChI is InChI=1S/C14H26O/c1-5-12-8-6-7-9-13(12)14(10(2)3)11(4)15/h10,12-14H,5-9H2,1-4H3. The van der Waals surface area contributed by atoms with Crippen LogP contribution in [0.1, 0.15) is 59.8 Å². The monoisotopic (exact) mass is 210 g/mol. The average molecular weight is 210 g/mol. The Labute approximate surface area is 94.6 Å². The summed E-state index contributed by atoms with van der Waals surface area (Å²) in [6.45, 7) is 8.47. The van der Waals surface area contributed by atoms with Gasteiger partial charge in [0.25, 0.3) is 0 Å². The molecule has 3 unspecified atom stereocenters. The second kappa shape index (κ2) is 5.67. The van der Waals surface area contributed by atoms with E-state index in [1.165, 1.54) is 32.1 Å². The van der Waals surface area contributed by atoms with E-state index in [-0.39, 0.29) is 0 Å². The van der Waals surface area contributed by atoms with Gasteiger partial charge in [0.15, 0.2) is 0 Å². The Kier molecular flexibility index (Phi) is 4.82. The van der Waals surface area contributed by atoms with Gasteiger partial charge in [-0.15, -0.1) is 0 Å². The lowest BCUT2D eigenvalue weighted by Crippen LogP contribution is -2.34. The molecule has 0 aromatic carbocycles. The number of carbonyl (C=O) groups excluding carboxylic acids is 1. The lowest BCUT2D eigenvalue weighted by atomic mass is 9.67. The third kappa shape index (κ3) is 3.06. The molecule has 1 rings (SSSR count). The largest absolute Gasteiger partial charge is 0.300 e. The van der Waals surface area contributed by atoms with Crippen molar-refractivity contribution >= 4 is 5.78 Å². The van der Waals surface area contributed by atoms with E-state index in [0.717, 1.165) is 5.92 Å². The Morgan fingerprint density at radius 3 is 2.33 bits per heavy atom. The fourth-order valence-corrected chi connectivity index (χ4v) is 3.48. The highest BCUT2D eigenvalue weighted by Crippen LogP contribution is 2.40. The van der Waals surface area contributed by atoms with Gasteiger partial charge < -0.3 is 0 Å². The van der Waals surface area contributed by atoms with Gasteiger partial charge in [0.05, 0.1) is 0 Å². The molecule has 88 valence electrons. The molecule has 0 heterocycles. The first-order chi connectivity index (χ1) is 7.07. The molecule has 1 saturated carbocycles. The molecule has 0 spiro atoms. The minimum atomic E-state index is 0.315. The van der Waals surface area contributed by atoms with Gasteiger partial charge in [0, 0.05) is 5.92 Å². The molecular formula is C14H26O. The lowest BCUT2D eigenvalue weighted by Gasteiger charge is -2.37. The summed E-state index contributed by atoms with van der Waals surface area (Å²) in [6.07, 6.45) is 6.58. The number of ketones is 1. The van der Waals surface area contributed by atoms with Gasteiger partial charge in [-0.05, 0) is 31.1 Å². The Hall–Kier alpha value is -0.330. The molecule has 15 heavy (non-hydrogen) atoms. The second-order valence-electron chi connectivity index (χ2n) is 5.50.